The topological polar surface area (TPSA) is 46.9 Å². The SMILES string of the molecule is CCC(C)(C)NC(=O)Cn1cnc2c1CCCC2. The number of hydrogen-bond donors (Lipinski definition) is 1. The van der Waals surface area contributed by atoms with Crippen molar-refractivity contribution < 1.29 is 4.79 Å². The molecule has 0 atom stereocenters. The Kier molecular flexibility index (Phi) is 3.73. The van der Waals surface area contributed by atoms with E-state index in [1.807, 2.05) is 24.7 Å². The van der Waals surface area contributed by atoms with Crippen LogP contribution in [-0.4, -0.2) is 21.0 Å². The highest BCUT2D eigenvalue weighted by atomic mass is 16.2. The number of fused-ring (bicyclic) bond motifs is 1. The number of carbonyl (C=O) groups excluding carboxylic acids is 1. The second kappa shape index (κ2) is 5.12. The number of amides is 1. The lowest BCUT2D eigenvalue weighted by molar-refractivity contribution is -0.123. The summed E-state index contributed by atoms with van der Waals surface area (Å²) in [4.78, 5) is 16.4. The summed E-state index contributed by atoms with van der Waals surface area (Å²) >= 11 is 0. The zero-order valence-electron chi connectivity index (χ0n) is 11.6. The van der Waals surface area contributed by atoms with Crippen LogP contribution in [0, 0.1) is 0 Å². The number of aromatic nitrogens is 2. The fourth-order valence-electron chi connectivity index (χ4n) is 2.33. The van der Waals surface area contributed by atoms with Crippen molar-refractivity contribution in [1.29, 1.82) is 0 Å². The monoisotopic (exact) mass is 249 g/mol. The predicted octanol–water partition coefficient (Wildman–Crippen LogP) is 2.07. The molecule has 0 fully saturated rings. The van der Waals surface area contributed by atoms with E-state index in [0.29, 0.717) is 6.54 Å². The van der Waals surface area contributed by atoms with Crippen molar-refractivity contribution in [3.05, 3.63) is 17.7 Å². The Balaban J connectivity index is 2.01. The van der Waals surface area contributed by atoms with Gasteiger partial charge in [0.25, 0.3) is 0 Å². The molecule has 1 aliphatic rings. The Hall–Kier alpha value is -1.32. The third kappa shape index (κ3) is 2.92. The zero-order chi connectivity index (χ0) is 13.2. The van der Waals surface area contributed by atoms with Gasteiger partial charge in [-0.05, 0) is 46.0 Å². The molecular formula is C14H23N3O. The summed E-state index contributed by atoms with van der Waals surface area (Å²) in [6.07, 6.45) is 7.29. The van der Waals surface area contributed by atoms with Gasteiger partial charge >= 0.3 is 0 Å². The molecule has 1 aromatic heterocycles. The van der Waals surface area contributed by atoms with Gasteiger partial charge in [-0.3, -0.25) is 4.79 Å². The van der Waals surface area contributed by atoms with Crippen LogP contribution >= 0.6 is 0 Å². The standard InChI is InChI=1S/C14H23N3O/c1-4-14(2,3)16-13(18)9-17-10-15-11-7-5-6-8-12(11)17/h10H,4-9H2,1-3H3,(H,16,18). The summed E-state index contributed by atoms with van der Waals surface area (Å²) in [7, 11) is 0. The summed E-state index contributed by atoms with van der Waals surface area (Å²) in [5, 5.41) is 3.06. The van der Waals surface area contributed by atoms with E-state index < -0.39 is 0 Å². The smallest absolute Gasteiger partial charge is 0.240 e. The number of aryl methyl sites for hydroxylation is 1. The van der Waals surface area contributed by atoms with Gasteiger partial charge in [-0.25, -0.2) is 4.98 Å². The Labute approximate surface area is 109 Å². The summed E-state index contributed by atoms with van der Waals surface area (Å²) in [5.41, 5.74) is 2.31. The first-order valence-electron chi connectivity index (χ1n) is 6.86. The van der Waals surface area contributed by atoms with Crippen molar-refractivity contribution in [1.82, 2.24) is 14.9 Å². The van der Waals surface area contributed by atoms with Crippen LogP contribution in [0.25, 0.3) is 0 Å². The molecule has 0 aliphatic heterocycles. The van der Waals surface area contributed by atoms with Gasteiger partial charge in [-0.15, -0.1) is 0 Å². The van der Waals surface area contributed by atoms with Crippen molar-refractivity contribution in [2.45, 2.75) is 65.0 Å². The van der Waals surface area contributed by atoms with E-state index in [1.165, 1.54) is 24.2 Å². The van der Waals surface area contributed by atoms with E-state index in [1.54, 1.807) is 0 Å². The first-order valence-corrected chi connectivity index (χ1v) is 6.86. The van der Waals surface area contributed by atoms with E-state index in [9.17, 15) is 4.79 Å². The van der Waals surface area contributed by atoms with Gasteiger partial charge in [0.2, 0.25) is 5.91 Å². The number of rotatable bonds is 4. The first-order chi connectivity index (χ1) is 8.52. The molecule has 0 saturated carbocycles. The average Bonchev–Trinajstić information content (AvgIpc) is 2.72. The molecule has 18 heavy (non-hydrogen) atoms. The molecule has 1 N–H and O–H groups in total. The Morgan fingerprint density at radius 3 is 2.89 bits per heavy atom. The summed E-state index contributed by atoms with van der Waals surface area (Å²) in [5.74, 6) is 0.0765. The minimum atomic E-state index is -0.127. The fraction of sp³-hybridized carbons (Fsp3) is 0.714. The molecule has 1 aromatic rings. The summed E-state index contributed by atoms with van der Waals surface area (Å²) < 4.78 is 2.01. The highest BCUT2D eigenvalue weighted by Crippen LogP contribution is 2.19. The molecule has 2 rings (SSSR count). The summed E-state index contributed by atoms with van der Waals surface area (Å²) in [6.45, 7) is 6.58. The number of imidazole rings is 1. The van der Waals surface area contributed by atoms with E-state index >= 15 is 0 Å². The highest BCUT2D eigenvalue weighted by Gasteiger charge is 2.20. The lowest BCUT2D eigenvalue weighted by atomic mass is 10.0. The lowest BCUT2D eigenvalue weighted by Crippen LogP contribution is -2.44. The lowest BCUT2D eigenvalue weighted by Gasteiger charge is -2.25. The maximum Gasteiger partial charge on any atom is 0.240 e. The van der Waals surface area contributed by atoms with E-state index in [-0.39, 0.29) is 11.4 Å². The van der Waals surface area contributed by atoms with E-state index in [0.717, 1.165) is 19.3 Å². The molecule has 4 heteroatoms. The highest BCUT2D eigenvalue weighted by molar-refractivity contribution is 5.76. The Morgan fingerprint density at radius 1 is 1.44 bits per heavy atom. The maximum atomic E-state index is 12.0. The molecule has 0 unspecified atom stereocenters. The van der Waals surface area contributed by atoms with Gasteiger partial charge in [-0.1, -0.05) is 6.92 Å². The molecule has 4 nitrogen and oxygen atoms in total. The van der Waals surface area contributed by atoms with Gasteiger partial charge < -0.3 is 9.88 Å². The van der Waals surface area contributed by atoms with E-state index in [4.69, 9.17) is 0 Å². The second-order valence-corrected chi connectivity index (χ2v) is 5.76. The zero-order valence-corrected chi connectivity index (χ0v) is 11.6. The van der Waals surface area contributed by atoms with Crippen molar-refractivity contribution in [3.8, 4) is 0 Å². The molecule has 0 saturated heterocycles. The molecule has 1 heterocycles. The number of nitrogens with zero attached hydrogens (tertiary/aromatic N) is 2. The average molecular weight is 249 g/mol. The molecule has 0 aromatic carbocycles. The van der Waals surface area contributed by atoms with Crippen LogP contribution in [0.3, 0.4) is 0 Å². The van der Waals surface area contributed by atoms with Crippen molar-refractivity contribution in [3.63, 3.8) is 0 Å². The second-order valence-electron chi connectivity index (χ2n) is 5.76. The fourth-order valence-corrected chi connectivity index (χ4v) is 2.33. The van der Waals surface area contributed by atoms with Gasteiger partial charge in [0.1, 0.15) is 6.54 Å². The van der Waals surface area contributed by atoms with Crippen LogP contribution in [0.2, 0.25) is 0 Å². The normalized spacial score (nSPS) is 15.3. The molecule has 0 spiro atoms. The first kappa shape index (κ1) is 13.1. The number of nitrogens with one attached hydrogen (secondary N) is 1. The van der Waals surface area contributed by atoms with Crippen molar-refractivity contribution in [2.24, 2.45) is 0 Å². The van der Waals surface area contributed by atoms with Crippen LogP contribution in [0.4, 0.5) is 0 Å². The molecule has 0 bridgehead atoms. The third-order valence-electron chi connectivity index (χ3n) is 3.79. The molecular weight excluding hydrogens is 226 g/mol. The van der Waals surface area contributed by atoms with E-state index in [2.05, 4.69) is 17.2 Å². The molecule has 100 valence electrons. The predicted molar refractivity (Wildman–Crippen MR) is 71.4 cm³/mol. The maximum absolute atomic E-state index is 12.0. The van der Waals surface area contributed by atoms with Crippen molar-refractivity contribution >= 4 is 5.91 Å². The van der Waals surface area contributed by atoms with Gasteiger partial charge in [0.05, 0.1) is 12.0 Å². The minimum Gasteiger partial charge on any atom is -0.350 e. The van der Waals surface area contributed by atoms with Crippen LogP contribution in [0.1, 0.15) is 51.4 Å². The van der Waals surface area contributed by atoms with Gasteiger partial charge in [0.15, 0.2) is 0 Å². The number of hydrogen-bond acceptors (Lipinski definition) is 2. The van der Waals surface area contributed by atoms with Gasteiger partial charge in [-0.2, -0.15) is 0 Å². The van der Waals surface area contributed by atoms with Gasteiger partial charge in [0, 0.05) is 11.2 Å². The van der Waals surface area contributed by atoms with Crippen LogP contribution in [0.5, 0.6) is 0 Å². The van der Waals surface area contributed by atoms with Crippen LogP contribution in [-0.2, 0) is 24.2 Å². The van der Waals surface area contributed by atoms with Crippen molar-refractivity contribution in [2.75, 3.05) is 0 Å². The molecule has 1 amide bonds. The quantitative estimate of drug-likeness (QED) is 0.888. The molecule has 0 radical (unpaired) electrons. The van der Waals surface area contributed by atoms with Crippen LogP contribution in [0.15, 0.2) is 6.33 Å². The minimum absolute atomic E-state index is 0.0765. The Bertz CT molecular complexity index is 434. The largest absolute Gasteiger partial charge is 0.350 e. The third-order valence-corrected chi connectivity index (χ3v) is 3.79. The Morgan fingerprint density at radius 2 is 2.17 bits per heavy atom. The molecule has 1 aliphatic carbocycles. The van der Waals surface area contributed by atoms with Crippen LogP contribution < -0.4 is 5.32 Å². The summed E-state index contributed by atoms with van der Waals surface area (Å²) in [6, 6.07) is 0. The number of carbonyl (C=O) groups is 1.